The number of ether oxygens (including phenoxy) is 2. The fraction of sp³-hybridized carbons (Fsp3) is 0.458. The number of carbonyl (C=O) groups is 2. The molecule has 0 bridgehead atoms. The fourth-order valence-electron chi connectivity index (χ4n) is 4.01. The number of halogens is 1. The van der Waals surface area contributed by atoms with Crippen molar-refractivity contribution in [1.29, 1.82) is 0 Å². The highest BCUT2D eigenvalue weighted by Crippen LogP contribution is 2.39. The quantitative estimate of drug-likeness (QED) is 0.544. The minimum Gasteiger partial charge on any atom is -0.495 e. The number of methoxy groups -OCH3 is 1. The molecule has 0 atom stereocenters. The van der Waals surface area contributed by atoms with Gasteiger partial charge in [0, 0.05) is 36.4 Å². The van der Waals surface area contributed by atoms with E-state index in [-0.39, 0.29) is 23.6 Å². The number of fused-ring (bicyclic) bond motifs is 1. The Morgan fingerprint density at radius 2 is 1.91 bits per heavy atom. The molecule has 1 N–H and O–H groups in total. The number of piperidine rings is 1. The van der Waals surface area contributed by atoms with Gasteiger partial charge in [0.25, 0.3) is 5.91 Å². The van der Waals surface area contributed by atoms with Gasteiger partial charge in [-0.15, -0.1) is 11.3 Å². The summed E-state index contributed by atoms with van der Waals surface area (Å²) in [6, 6.07) is 3.14. The number of amides is 2. The van der Waals surface area contributed by atoms with Crippen molar-refractivity contribution in [1.82, 2.24) is 14.3 Å². The lowest BCUT2D eigenvalue weighted by molar-refractivity contribution is 0.0205. The first-order valence-corrected chi connectivity index (χ1v) is 12.0. The lowest BCUT2D eigenvalue weighted by Gasteiger charge is -2.33. The zero-order chi connectivity index (χ0) is 24.6. The van der Waals surface area contributed by atoms with Gasteiger partial charge in [0.1, 0.15) is 16.2 Å². The molecule has 0 saturated carbocycles. The van der Waals surface area contributed by atoms with Crippen molar-refractivity contribution in [2.24, 2.45) is 0 Å². The van der Waals surface area contributed by atoms with Crippen LogP contribution in [-0.2, 0) is 4.74 Å². The predicted molar refractivity (Wildman–Crippen MR) is 128 cm³/mol. The molecular weight excluding hydrogens is 459 g/mol. The smallest absolute Gasteiger partial charge is 0.410 e. The van der Waals surface area contributed by atoms with Crippen LogP contribution in [-0.4, -0.2) is 52.1 Å². The van der Waals surface area contributed by atoms with Crippen LogP contribution in [0.15, 0.2) is 24.5 Å². The Balaban J connectivity index is 1.46. The van der Waals surface area contributed by atoms with Crippen LogP contribution in [0.3, 0.4) is 0 Å². The predicted octanol–water partition coefficient (Wildman–Crippen LogP) is 5.22. The van der Waals surface area contributed by atoms with Gasteiger partial charge in [-0.05, 0) is 52.5 Å². The maximum Gasteiger partial charge on any atom is 0.410 e. The summed E-state index contributed by atoms with van der Waals surface area (Å²) in [4.78, 5) is 32.7. The van der Waals surface area contributed by atoms with Crippen LogP contribution < -0.4 is 10.1 Å². The lowest BCUT2D eigenvalue weighted by atomic mass is 9.95. The Labute approximate surface area is 201 Å². The molecule has 0 spiro atoms. The lowest BCUT2D eigenvalue weighted by Crippen LogP contribution is -2.41. The topological polar surface area (TPSA) is 85.2 Å². The minimum absolute atomic E-state index is 0.210. The molecule has 0 radical (unpaired) electrons. The van der Waals surface area contributed by atoms with E-state index in [1.54, 1.807) is 28.6 Å². The Kier molecular flexibility index (Phi) is 6.53. The van der Waals surface area contributed by atoms with E-state index in [2.05, 4.69) is 10.3 Å². The van der Waals surface area contributed by atoms with Crippen molar-refractivity contribution < 1.29 is 23.5 Å². The van der Waals surface area contributed by atoms with Crippen LogP contribution in [0.5, 0.6) is 5.75 Å². The van der Waals surface area contributed by atoms with Gasteiger partial charge in [0.2, 0.25) is 0 Å². The largest absolute Gasteiger partial charge is 0.495 e. The summed E-state index contributed by atoms with van der Waals surface area (Å²) in [7, 11) is 1.52. The molecule has 10 heteroatoms. The SMILES string of the molecule is COc1cc(C2CCN(C(=O)OC(C)(C)C)CC2)sc1C(=O)Nc1cc(F)c2nc(C)cn2c1. The second-order valence-electron chi connectivity index (χ2n) is 9.43. The third kappa shape index (κ3) is 5.16. The van der Waals surface area contributed by atoms with E-state index in [1.165, 1.54) is 24.5 Å². The van der Waals surface area contributed by atoms with Crippen LogP contribution >= 0.6 is 11.3 Å². The Morgan fingerprint density at radius 3 is 2.56 bits per heavy atom. The molecule has 4 rings (SSSR count). The molecule has 2 amide bonds. The number of nitrogens with one attached hydrogen (secondary N) is 1. The molecule has 4 heterocycles. The van der Waals surface area contributed by atoms with Crippen LogP contribution in [0.4, 0.5) is 14.9 Å². The minimum atomic E-state index is -0.526. The zero-order valence-electron chi connectivity index (χ0n) is 20.0. The normalized spacial score (nSPS) is 14.9. The molecule has 8 nitrogen and oxygen atoms in total. The van der Waals surface area contributed by atoms with Crippen molar-refractivity contribution in [2.75, 3.05) is 25.5 Å². The van der Waals surface area contributed by atoms with E-state index in [9.17, 15) is 14.0 Å². The Hall–Kier alpha value is -3.14. The van der Waals surface area contributed by atoms with Gasteiger partial charge in [0.15, 0.2) is 11.5 Å². The first-order valence-electron chi connectivity index (χ1n) is 11.2. The standard InChI is InChI=1S/C24H29FN4O4S/c1-14-12-29-13-16(10-17(25)21(29)26-14)27-22(30)20-18(32-5)11-19(34-20)15-6-8-28(9-7-15)23(31)33-24(2,3)4/h10-13,15H,6-9H2,1-5H3,(H,27,30). The van der Waals surface area contributed by atoms with Crippen LogP contribution in [0.2, 0.25) is 0 Å². The van der Waals surface area contributed by atoms with E-state index in [0.29, 0.717) is 35.1 Å². The fourth-order valence-corrected chi connectivity index (χ4v) is 5.20. The van der Waals surface area contributed by atoms with Gasteiger partial charge in [-0.1, -0.05) is 0 Å². The van der Waals surface area contributed by atoms with Crippen molar-refractivity contribution in [3.63, 3.8) is 0 Å². The van der Waals surface area contributed by atoms with Crippen LogP contribution in [0, 0.1) is 12.7 Å². The number of imidazole rings is 1. The summed E-state index contributed by atoms with van der Waals surface area (Å²) in [6.45, 7) is 8.51. The number of aromatic nitrogens is 2. The first kappa shape index (κ1) is 24.0. The Morgan fingerprint density at radius 1 is 1.21 bits per heavy atom. The summed E-state index contributed by atoms with van der Waals surface area (Å²) in [5, 5.41) is 2.77. The van der Waals surface area contributed by atoms with Crippen LogP contribution in [0.25, 0.3) is 5.65 Å². The summed E-state index contributed by atoms with van der Waals surface area (Å²) >= 11 is 1.36. The monoisotopic (exact) mass is 488 g/mol. The van der Waals surface area contributed by atoms with E-state index in [0.717, 1.165) is 17.7 Å². The molecule has 3 aromatic rings. The molecule has 1 fully saturated rings. The van der Waals surface area contributed by atoms with E-state index < -0.39 is 11.4 Å². The average molecular weight is 489 g/mol. The number of likely N-dealkylation sites (tertiary alicyclic amines) is 1. The summed E-state index contributed by atoms with van der Waals surface area (Å²) in [6.07, 6.45) is 4.56. The third-order valence-corrected chi connectivity index (χ3v) is 6.85. The Bertz CT molecular complexity index is 1220. The molecule has 1 aliphatic rings. The number of pyridine rings is 1. The summed E-state index contributed by atoms with van der Waals surface area (Å²) < 4.78 is 26.9. The van der Waals surface area contributed by atoms with Crippen molar-refractivity contribution in [3.8, 4) is 5.75 Å². The second kappa shape index (κ2) is 9.25. The summed E-state index contributed by atoms with van der Waals surface area (Å²) in [5.74, 6) is -0.190. The van der Waals surface area contributed by atoms with Crippen molar-refractivity contribution in [2.45, 2.75) is 52.1 Å². The number of anilines is 1. The number of carbonyl (C=O) groups excluding carboxylic acids is 2. The highest BCUT2D eigenvalue weighted by atomic mass is 32.1. The number of nitrogens with zero attached hydrogens (tertiary/aromatic N) is 3. The first-order chi connectivity index (χ1) is 16.0. The van der Waals surface area contributed by atoms with Gasteiger partial charge < -0.3 is 24.1 Å². The van der Waals surface area contributed by atoms with Gasteiger partial charge in [-0.25, -0.2) is 14.2 Å². The van der Waals surface area contributed by atoms with Crippen molar-refractivity contribution >= 4 is 34.7 Å². The number of rotatable bonds is 4. The molecule has 3 aromatic heterocycles. The van der Waals surface area contributed by atoms with Gasteiger partial charge in [-0.3, -0.25) is 4.79 Å². The van der Waals surface area contributed by atoms with E-state index in [1.807, 2.05) is 26.8 Å². The average Bonchev–Trinajstić information content (AvgIpc) is 3.36. The molecule has 1 aliphatic heterocycles. The highest BCUT2D eigenvalue weighted by Gasteiger charge is 2.29. The summed E-state index contributed by atoms with van der Waals surface area (Å²) in [5.41, 5.74) is 0.700. The van der Waals surface area contributed by atoms with E-state index >= 15 is 0 Å². The number of thiophene rings is 1. The van der Waals surface area contributed by atoms with Gasteiger partial charge >= 0.3 is 6.09 Å². The molecule has 0 unspecified atom stereocenters. The number of hydrogen-bond donors (Lipinski definition) is 1. The molecule has 34 heavy (non-hydrogen) atoms. The number of aryl methyl sites for hydroxylation is 1. The second-order valence-corrected chi connectivity index (χ2v) is 10.5. The zero-order valence-corrected chi connectivity index (χ0v) is 20.8. The molecule has 0 aliphatic carbocycles. The number of hydrogen-bond acceptors (Lipinski definition) is 6. The van der Waals surface area contributed by atoms with Gasteiger partial charge in [-0.2, -0.15) is 0 Å². The van der Waals surface area contributed by atoms with Crippen LogP contribution in [0.1, 0.15) is 59.8 Å². The van der Waals surface area contributed by atoms with E-state index in [4.69, 9.17) is 9.47 Å². The maximum atomic E-state index is 14.4. The maximum absolute atomic E-state index is 14.4. The van der Waals surface area contributed by atoms with Gasteiger partial charge in [0.05, 0.1) is 18.5 Å². The molecule has 182 valence electrons. The highest BCUT2D eigenvalue weighted by molar-refractivity contribution is 7.14. The molecular formula is C24H29FN4O4S. The third-order valence-electron chi connectivity index (χ3n) is 5.58. The van der Waals surface area contributed by atoms with Crippen molar-refractivity contribution in [3.05, 3.63) is 45.8 Å². The molecule has 0 aromatic carbocycles. The molecule has 1 saturated heterocycles.